The highest BCUT2D eigenvalue weighted by Crippen LogP contribution is 2.25. The lowest BCUT2D eigenvalue weighted by Gasteiger charge is -2.37. The molecule has 1 fully saturated rings. The van der Waals surface area contributed by atoms with Gasteiger partial charge in [-0.15, -0.1) is 0 Å². The molecule has 11 nitrogen and oxygen atoms in total. The van der Waals surface area contributed by atoms with E-state index in [1.807, 2.05) is 0 Å². The van der Waals surface area contributed by atoms with Crippen molar-refractivity contribution in [3.05, 3.63) is 0 Å². The fourth-order valence-electron chi connectivity index (χ4n) is 1.66. The van der Waals surface area contributed by atoms with E-state index in [1.54, 1.807) is 0 Å². The Kier molecular flexibility index (Phi) is 5.82. The fourth-order valence-corrected chi connectivity index (χ4v) is 2.48. The first kappa shape index (κ1) is 17.7. The van der Waals surface area contributed by atoms with Crippen molar-refractivity contribution < 1.29 is 48.9 Å². The third-order valence-corrected chi connectivity index (χ3v) is 3.31. The lowest BCUT2D eigenvalue weighted by molar-refractivity contribution is -0.248. The Hall–Kier alpha value is -0.380. The quantitative estimate of drug-likeness (QED) is 0.464. The summed E-state index contributed by atoms with van der Waals surface area (Å²) in [6, 6.07) is 0. The van der Waals surface area contributed by atoms with Crippen molar-refractivity contribution in [2.24, 2.45) is 0 Å². The standard InChI is InChI=1S/C7H14O11S2/c1-15-5-2-4(3-16-19(9,10)11)17-7(8)6(5)18-20(12,13)14/h4-8H,2-3H2,1H3,(H,9,10,11)(H,12,13,14)/t4?,5?,6?,7-/m0/s1. The molecule has 20 heavy (non-hydrogen) atoms. The van der Waals surface area contributed by atoms with E-state index in [1.165, 1.54) is 7.11 Å². The van der Waals surface area contributed by atoms with Gasteiger partial charge in [-0.1, -0.05) is 0 Å². The van der Waals surface area contributed by atoms with Gasteiger partial charge in [0.2, 0.25) is 0 Å². The zero-order valence-corrected chi connectivity index (χ0v) is 11.8. The minimum Gasteiger partial charge on any atom is -0.378 e. The van der Waals surface area contributed by atoms with Crippen LogP contribution in [0.25, 0.3) is 0 Å². The molecule has 1 saturated heterocycles. The minimum absolute atomic E-state index is 0.108. The van der Waals surface area contributed by atoms with Gasteiger partial charge in [0, 0.05) is 13.5 Å². The number of aliphatic hydroxyl groups excluding tert-OH is 1. The summed E-state index contributed by atoms with van der Waals surface area (Å²) >= 11 is 0. The van der Waals surface area contributed by atoms with Crippen LogP contribution < -0.4 is 0 Å². The van der Waals surface area contributed by atoms with E-state index in [-0.39, 0.29) is 6.42 Å². The zero-order chi connectivity index (χ0) is 15.6. The van der Waals surface area contributed by atoms with E-state index in [2.05, 4.69) is 8.37 Å². The normalized spacial score (nSPS) is 32.2. The molecule has 0 saturated carbocycles. The van der Waals surface area contributed by atoms with Crippen LogP contribution in [0.4, 0.5) is 0 Å². The maximum atomic E-state index is 10.6. The second-order valence-electron chi connectivity index (χ2n) is 3.86. The molecular weight excluding hydrogens is 324 g/mol. The van der Waals surface area contributed by atoms with Gasteiger partial charge in [-0.2, -0.15) is 16.8 Å². The number of methoxy groups -OCH3 is 1. The molecule has 1 aliphatic heterocycles. The first-order valence-electron chi connectivity index (χ1n) is 5.15. The topological polar surface area (TPSA) is 166 Å². The molecule has 1 heterocycles. The lowest BCUT2D eigenvalue weighted by atomic mass is 10.0. The number of rotatable bonds is 6. The first-order chi connectivity index (χ1) is 9.02. The molecule has 1 aliphatic rings. The Morgan fingerprint density at radius 2 is 1.80 bits per heavy atom. The van der Waals surface area contributed by atoms with Gasteiger partial charge in [-0.05, 0) is 0 Å². The summed E-state index contributed by atoms with van der Waals surface area (Å²) in [6.45, 7) is -0.617. The third-order valence-electron chi connectivity index (χ3n) is 2.41. The molecule has 0 bridgehead atoms. The molecule has 0 spiro atoms. The number of aliphatic hydroxyl groups is 1. The van der Waals surface area contributed by atoms with Crippen LogP contribution in [0.3, 0.4) is 0 Å². The van der Waals surface area contributed by atoms with Crippen LogP contribution in [-0.4, -0.2) is 69.4 Å². The average Bonchev–Trinajstić information content (AvgIpc) is 2.26. The van der Waals surface area contributed by atoms with Gasteiger partial charge in [-0.3, -0.25) is 9.11 Å². The molecule has 13 heteroatoms. The highest BCUT2D eigenvalue weighted by atomic mass is 32.3. The summed E-state index contributed by atoms with van der Waals surface area (Å²) in [5.74, 6) is 0. The average molecular weight is 338 g/mol. The zero-order valence-electron chi connectivity index (χ0n) is 10.1. The first-order valence-corrected chi connectivity index (χ1v) is 7.88. The predicted octanol–water partition coefficient (Wildman–Crippen LogP) is -1.88. The van der Waals surface area contributed by atoms with Gasteiger partial charge >= 0.3 is 20.8 Å². The van der Waals surface area contributed by atoms with E-state index in [0.717, 1.165) is 0 Å². The molecule has 0 amide bonds. The lowest BCUT2D eigenvalue weighted by Crippen LogP contribution is -2.52. The maximum absolute atomic E-state index is 10.6. The van der Waals surface area contributed by atoms with E-state index in [4.69, 9.17) is 18.6 Å². The van der Waals surface area contributed by atoms with Gasteiger partial charge in [-0.25, -0.2) is 8.37 Å². The van der Waals surface area contributed by atoms with E-state index < -0.39 is 52.0 Å². The van der Waals surface area contributed by atoms with Crippen molar-refractivity contribution in [1.29, 1.82) is 0 Å². The van der Waals surface area contributed by atoms with Crippen molar-refractivity contribution in [2.45, 2.75) is 31.0 Å². The molecular formula is C7H14O11S2. The van der Waals surface area contributed by atoms with Gasteiger partial charge in [0.15, 0.2) is 12.4 Å². The van der Waals surface area contributed by atoms with Gasteiger partial charge < -0.3 is 14.6 Å². The predicted molar refractivity (Wildman–Crippen MR) is 60.2 cm³/mol. The SMILES string of the molecule is COC1CC(COS(=O)(=O)O)O[C@H](O)C1OS(=O)(=O)O. The molecule has 3 N–H and O–H groups in total. The molecule has 4 atom stereocenters. The van der Waals surface area contributed by atoms with Gasteiger partial charge in [0.1, 0.15) is 0 Å². The van der Waals surface area contributed by atoms with Crippen LogP contribution in [0, 0.1) is 0 Å². The summed E-state index contributed by atoms with van der Waals surface area (Å²) in [7, 11) is -8.33. The Bertz CT molecular complexity index is 511. The van der Waals surface area contributed by atoms with Crippen LogP contribution >= 0.6 is 0 Å². The number of hydrogen-bond donors (Lipinski definition) is 3. The van der Waals surface area contributed by atoms with Crippen LogP contribution in [0.2, 0.25) is 0 Å². The summed E-state index contributed by atoms with van der Waals surface area (Å²) in [4.78, 5) is 0. The minimum atomic E-state index is -4.84. The number of hydrogen-bond acceptors (Lipinski definition) is 9. The Morgan fingerprint density at radius 3 is 2.25 bits per heavy atom. The molecule has 0 aromatic rings. The second-order valence-corrected chi connectivity index (χ2v) is 6.00. The smallest absolute Gasteiger partial charge is 0.378 e. The van der Waals surface area contributed by atoms with Crippen molar-refractivity contribution in [2.75, 3.05) is 13.7 Å². The summed E-state index contributed by atoms with van der Waals surface area (Å²) in [5.41, 5.74) is 0. The summed E-state index contributed by atoms with van der Waals surface area (Å²) in [6.07, 6.45) is -5.47. The van der Waals surface area contributed by atoms with Gasteiger partial charge in [0.05, 0.1) is 18.8 Å². The Morgan fingerprint density at radius 1 is 1.20 bits per heavy atom. The maximum Gasteiger partial charge on any atom is 0.397 e. The monoisotopic (exact) mass is 338 g/mol. The molecule has 0 aliphatic carbocycles. The molecule has 3 unspecified atom stereocenters. The molecule has 0 radical (unpaired) electrons. The summed E-state index contributed by atoms with van der Waals surface area (Å²) in [5, 5.41) is 9.56. The number of ether oxygens (including phenoxy) is 2. The van der Waals surface area contributed by atoms with E-state index in [9.17, 15) is 21.9 Å². The molecule has 120 valence electrons. The van der Waals surface area contributed by atoms with Crippen LogP contribution in [-0.2, 0) is 38.6 Å². The largest absolute Gasteiger partial charge is 0.397 e. The van der Waals surface area contributed by atoms with Crippen molar-refractivity contribution in [1.82, 2.24) is 0 Å². The molecule has 1 rings (SSSR count). The third kappa shape index (κ3) is 5.94. The fraction of sp³-hybridized carbons (Fsp3) is 1.00. The van der Waals surface area contributed by atoms with Crippen molar-refractivity contribution in [3.8, 4) is 0 Å². The highest BCUT2D eigenvalue weighted by Gasteiger charge is 2.42. The molecule has 0 aromatic carbocycles. The Balaban J connectivity index is 2.70. The van der Waals surface area contributed by atoms with Crippen LogP contribution in [0.15, 0.2) is 0 Å². The second kappa shape index (κ2) is 6.59. The van der Waals surface area contributed by atoms with Gasteiger partial charge in [0.25, 0.3) is 0 Å². The Labute approximate surface area is 115 Å². The van der Waals surface area contributed by atoms with Crippen molar-refractivity contribution >= 4 is 20.8 Å². The highest BCUT2D eigenvalue weighted by molar-refractivity contribution is 7.81. The molecule has 0 aromatic heterocycles. The van der Waals surface area contributed by atoms with Crippen LogP contribution in [0.5, 0.6) is 0 Å². The summed E-state index contributed by atoms with van der Waals surface area (Å²) < 4.78 is 77.0. The van der Waals surface area contributed by atoms with E-state index in [0.29, 0.717) is 0 Å². The van der Waals surface area contributed by atoms with E-state index >= 15 is 0 Å². The van der Waals surface area contributed by atoms with Crippen LogP contribution in [0.1, 0.15) is 6.42 Å². The van der Waals surface area contributed by atoms with Crippen molar-refractivity contribution in [3.63, 3.8) is 0 Å².